The fraction of sp³-hybridized carbons (Fsp3) is 0.533. The van der Waals surface area contributed by atoms with Crippen molar-refractivity contribution in [2.75, 3.05) is 47.9 Å². The van der Waals surface area contributed by atoms with Crippen molar-refractivity contribution in [1.82, 2.24) is 15.5 Å². The van der Waals surface area contributed by atoms with E-state index in [0.29, 0.717) is 25.7 Å². The first kappa shape index (κ1) is 21.1. The molecule has 0 saturated carbocycles. The van der Waals surface area contributed by atoms with Gasteiger partial charge in [-0.25, -0.2) is 4.39 Å². The summed E-state index contributed by atoms with van der Waals surface area (Å²) < 4.78 is 18.4. The molecule has 126 valence electrons. The van der Waals surface area contributed by atoms with E-state index in [1.54, 1.807) is 26.3 Å². The first-order valence-electron chi connectivity index (χ1n) is 6.93. The number of guanidine groups is 1. The first-order valence-corrected chi connectivity index (χ1v) is 6.93. The Bertz CT molecular complexity index is 457. The molecule has 0 bridgehead atoms. The van der Waals surface area contributed by atoms with Gasteiger partial charge in [0.25, 0.3) is 0 Å². The van der Waals surface area contributed by atoms with Crippen LogP contribution >= 0.6 is 24.0 Å². The van der Waals surface area contributed by atoms with Gasteiger partial charge in [-0.05, 0) is 31.8 Å². The van der Waals surface area contributed by atoms with Crippen molar-refractivity contribution in [3.05, 3.63) is 35.6 Å². The SMILES string of the molecule is CN=C(NCCOC)NCC(c1cccc(F)c1)N(C)C.I. The van der Waals surface area contributed by atoms with Crippen LogP contribution in [0.15, 0.2) is 29.3 Å². The van der Waals surface area contributed by atoms with Gasteiger partial charge in [-0.2, -0.15) is 0 Å². The van der Waals surface area contributed by atoms with Gasteiger partial charge < -0.3 is 20.3 Å². The zero-order valence-electron chi connectivity index (χ0n) is 13.6. The lowest BCUT2D eigenvalue weighted by molar-refractivity contribution is 0.203. The number of likely N-dealkylation sites (N-methyl/N-ethyl adjacent to an activating group) is 1. The molecule has 0 radical (unpaired) electrons. The highest BCUT2D eigenvalue weighted by Crippen LogP contribution is 2.18. The molecule has 7 heteroatoms. The lowest BCUT2D eigenvalue weighted by atomic mass is 10.1. The minimum atomic E-state index is -0.220. The number of hydrogen-bond donors (Lipinski definition) is 2. The zero-order chi connectivity index (χ0) is 15.7. The lowest BCUT2D eigenvalue weighted by Crippen LogP contribution is -2.42. The van der Waals surface area contributed by atoms with E-state index in [1.807, 2.05) is 25.1 Å². The number of rotatable bonds is 7. The Morgan fingerprint density at radius 1 is 1.36 bits per heavy atom. The number of halogens is 2. The minimum Gasteiger partial charge on any atom is -0.383 e. The van der Waals surface area contributed by atoms with E-state index in [-0.39, 0.29) is 35.8 Å². The van der Waals surface area contributed by atoms with E-state index in [1.165, 1.54) is 6.07 Å². The van der Waals surface area contributed by atoms with Gasteiger partial charge in [0.2, 0.25) is 0 Å². The maximum atomic E-state index is 13.4. The average molecular weight is 424 g/mol. The van der Waals surface area contributed by atoms with E-state index < -0.39 is 0 Å². The summed E-state index contributed by atoms with van der Waals surface area (Å²) in [5.74, 6) is 0.484. The molecule has 1 atom stereocenters. The van der Waals surface area contributed by atoms with Gasteiger partial charge in [-0.15, -0.1) is 24.0 Å². The Morgan fingerprint density at radius 2 is 2.09 bits per heavy atom. The van der Waals surface area contributed by atoms with E-state index >= 15 is 0 Å². The molecule has 1 aromatic carbocycles. The van der Waals surface area contributed by atoms with Crippen molar-refractivity contribution >= 4 is 29.9 Å². The van der Waals surface area contributed by atoms with Crippen LogP contribution < -0.4 is 10.6 Å². The van der Waals surface area contributed by atoms with Crippen LogP contribution in [0.4, 0.5) is 4.39 Å². The Balaban J connectivity index is 0.00000441. The van der Waals surface area contributed by atoms with Gasteiger partial charge in [-0.1, -0.05) is 12.1 Å². The van der Waals surface area contributed by atoms with Crippen molar-refractivity contribution in [3.63, 3.8) is 0 Å². The molecular weight excluding hydrogens is 398 g/mol. The quantitative estimate of drug-likeness (QED) is 0.304. The molecule has 2 N–H and O–H groups in total. The molecule has 22 heavy (non-hydrogen) atoms. The molecular formula is C15H26FIN4O. The second-order valence-electron chi connectivity index (χ2n) is 4.91. The third-order valence-electron chi connectivity index (χ3n) is 3.14. The number of benzene rings is 1. The molecule has 1 aromatic rings. The van der Waals surface area contributed by atoms with Crippen LogP contribution in [-0.2, 0) is 4.74 Å². The van der Waals surface area contributed by atoms with Crippen LogP contribution in [0, 0.1) is 5.82 Å². The summed E-state index contributed by atoms with van der Waals surface area (Å²) in [6.45, 7) is 1.92. The normalized spacial score (nSPS) is 12.7. The second-order valence-corrected chi connectivity index (χ2v) is 4.91. The largest absolute Gasteiger partial charge is 0.383 e. The van der Waals surface area contributed by atoms with E-state index in [2.05, 4.69) is 15.6 Å². The van der Waals surface area contributed by atoms with Crippen molar-refractivity contribution in [2.24, 2.45) is 4.99 Å². The van der Waals surface area contributed by atoms with Crippen molar-refractivity contribution in [1.29, 1.82) is 0 Å². The summed E-state index contributed by atoms with van der Waals surface area (Å²) in [7, 11) is 7.32. The maximum absolute atomic E-state index is 13.4. The lowest BCUT2D eigenvalue weighted by Gasteiger charge is -2.26. The monoisotopic (exact) mass is 424 g/mol. The van der Waals surface area contributed by atoms with Crippen molar-refractivity contribution in [3.8, 4) is 0 Å². The highest BCUT2D eigenvalue weighted by atomic mass is 127. The van der Waals surface area contributed by atoms with Crippen LogP contribution in [0.2, 0.25) is 0 Å². The summed E-state index contributed by atoms with van der Waals surface area (Å²) in [5.41, 5.74) is 0.930. The molecule has 0 amide bonds. The molecule has 0 aliphatic rings. The summed E-state index contributed by atoms with van der Waals surface area (Å²) in [6, 6.07) is 6.73. The first-order chi connectivity index (χ1) is 10.1. The molecule has 0 spiro atoms. The summed E-state index contributed by atoms with van der Waals surface area (Å²) in [4.78, 5) is 6.19. The Morgan fingerprint density at radius 3 is 2.64 bits per heavy atom. The number of nitrogens with zero attached hydrogens (tertiary/aromatic N) is 2. The molecule has 0 aliphatic heterocycles. The summed E-state index contributed by atoms with van der Waals surface area (Å²) in [5, 5.41) is 6.40. The number of methoxy groups -OCH3 is 1. The third-order valence-corrected chi connectivity index (χ3v) is 3.14. The summed E-state index contributed by atoms with van der Waals surface area (Å²) >= 11 is 0. The smallest absolute Gasteiger partial charge is 0.191 e. The van der Waals surface area contributed by atoms with Crippen LogP contribution in [-0.4, -0.2) is 58.8 Å². The van der Waals surface area contributed by atoms with Gasteiger partial charge in [0.1, 0.15) is 5.82 Å². The molecule has 0 heterocycles. The van der Waals surface area contributed by atoms with Crippen LogP contribution in [0.5, 0.6) is 0 Å². The van der Waals surface area contributed by atoms with Gasteiger partial charge >= 0.3 is 0 Å². The van der Waals surface area contributed by atoms with Crippen LogP contribution in [0.25, 0.3) is 0 Å². The molecule has 1 unspecified atom stereocenters. The van der Waals surface area contributed by atoms with Crippen molar-refractivity contribution in [2.45, 2.75) is 6.04 Å². The number of ether oxygens (including phenoxy) is 1. The Labute approximate surface area is 149 Å². The summed E-state index contributed by atoms with van der Waals surface area (Å²) in [6.07, 6.45) is 0. The van der Waals surface area contributed by atoms with Crippen molar-refractivity contribution < 1.29 is 9.13 Å². The fourth-order valence-corrected chi connectivity index (χ4v) is 2.00. The average Bonchev–Trinajstić information content (AvgIpc) is 2.45. The predicted molar refractivity (Wildman–Crippen MR) is 99.5 cm³/mol. The molecule has 0 aliphatic carbocycles. The molecule has 0 aromatic heterocycles. The third kappa shape index (κ3) is 7.37. The van der Waals surface area contributed by atoms with Gasteiger partial charge in [0.15, 0.2) is 5.96 Å². The predicted octanol–water partition coefficient (Wildman–Crippen LogP) is 1.86. The number of nitrogens with one attached hydrogen (secondary N) is 2. The Kier molecular flexibility index (Phi) is 11.1. The standard InChI is InChI=1S/C15H25FN4O.HI/c1-17-15(18-8-9-21-4)19-11-14(20(2)3)12-6-5-7-13(16)10-12;/h5-7,10,14H,8-9,11H2,1-4H3,(H2,17,18,19);1H. The Hall–Kier alpha value is -0.930. The van der Waals surface area contributed by atoms with E-state index in [0.717, 1.165) is 5.56 Å². The van der Waals surface area contributed by atoms with E-state index in [4.69, 9.17) is 4.74 Å². The molecule has 0 saturated heterocycles. The minimum absolute atomic E-state index is 0. The second kappa shape index (κ2) is 11.6. The maximum Gasteiger partial charge on any atom is 0.191 e. The topological polar surface area (TPSA) is 48.9 Å². The highest BCUT2D eigenvalue weighted by Gasteiger charge is 2.15. The van der Waals surface area contributed by atoms with Crippen LogP contribution in [0.1, 0.15) is 11.6 Å². The fourth-order valence-electron chi connectivity index (χ4n) is 2.00. The number of aliphatic imine (C=N–C) groups is 1. The van der Waals surface area contributed by atoms with Crippen LogP contribution in [0.3, 0.4) is 0 Å². The van der Waals surface area contributed by atoms with Gasteiger partial charge in [0.05, 0.1) is 12.6 Å². The van der Waals surface area contributed by atoms with Gasteiger partial charge in [-0.3, -0.25) is 4.99 Å². The van der Waals surface area contributed by atoms with Gasteiger partial charge in [0, 0.05) is 27.2 Å². The highest BCUT2D eigenvalue weighted by molar-refractivity contribution is 14.0. The molecule has 0 fully saturated rings. The number of hydrogen-bond acceptors (Lipinski definition) is 3. The van der Waals surface area contributed by atoms with E-state index in [9.17, 15) is 4.39 Å². The molecule has 5 nitrogen and oxygen atoms in total. The molecule has 1 rings (SSSR count). The zero-order valence-corrected chi connectivity index (χ0v) is 15.9.